The zero-order chi connectivity index (χ0) is 21.3. The topological polar surface area (TPSA) is 102 Å². The summed E-state index contributed by atoms with van der Waals surface area (Å²) in [4.78, 5) is 20.8. The van der Waals surface area contributed by atoms with Gasteiger partial charge in [-0.3, -0.25) is 4.52 Å². The number of thioether (sulfide) groups is 1. The highest BCUT2D eigenvalue weighted by Crippen LogP contribution is 2.37. The van der Waals surface area contributed by atoms with Gasteiger partial charge in [-0.1, -0.05) is 24.0 Å². The fourth-order valence-electron chi connectivity index (χ4n) is 2.36. The number of thiophene rings is 1. The zero-order valence-corrected chi connectivity index (χ0v) is 19.0. The molecule has 0 radical (unpaired) electrons. The van der Waals surface area contributed by atoms with E-state index in [0.29, 0.717) is 26.1 Å². The molecule has 0 saturated carbocycles. The number of benzene rings is 1. The van der Waals surface area contributed by atoms with Gasteiger partial charge in [0.2, 0.25) is 0 Å². The maximum atomic E-state index is 10.8. The molecule has 1 unspecified atom stereocenters. The molecule has 0 bridgehead atoms. The monoisotopic (exact) mass is 455 g/mol. The van der Waals surface area contributed by atoms with Crippen molar-refractivity contribution in [3.63, 3.8) is 0 Å². The highest BCUT2D eigenvalue weighted by molar-refractivity contribution is 7.98. The van der Waals surface area contributed by atoms with E-state index in [0.717, 1.165) is 15.3 Å². The van der Waals surface area contributed by atoms with Crippen LogP contribution in [0.4, 0.5) is 0 Å². The summed E-state index contributed by atoms with van der Waals surface area (Å²) in [5.74, 6) is 6.11. The third-order valence-electron chi connectivity index (χ3n) is 3.98. The molecule has 29 heavy (non-hydrogen) atoms. The largest absolute Gasteiger partial charge is 0.469 e. The lowest BCUT2D eigenvalue weighted by Gasteiger charge is -2.24. The summed E-state index contributed by atoms with van der Waals surface area (Å²) in [5.41, 5.74) is 6.35. The van der Waals surface area contributed by atoms with Crippen LogP contribution in [-0.4, -0.2) is 34.8 Å². The molecule has 0 aliphatic heterocycles. The van der Waals surface area contributed by atoms with E-state index in [2.05, 4.69) is 40.6 Å². The summed E-state index contributed by atoms with van der Waals surface area (Å²) < 4.78 is 20.9. The highest BCUT2D eigenvalue weighted by Gasteiger charge is 2.24. The summed E-state index contributed by atoms with van der Waals surface area (Å²) >= 11 is 3.28. The minimum atomic E-state index is -4.50. The average Bonchev–Trinajstić information content (AvgIpc) is 3.13. The van der Waals surface area contributed by atoms with Crippen LogP contribution in [0.15, 0.2) is 41.3 Å². The van der Waals surface area contributed by atoms with Crippen LogP contribution < -0.4 is 5.73 Å². The Morgan fingerprint density at radius 2 is 1.97 bits per heavy atom. The predicted octanol–water partition coefficient (Wildman–Crippen LogP) is 3.80. The molecule has 1 aromatic heterocycles. The van der Waals surface area contributed by atoms with E-state index >= 15 is 0 Å². The van der Waals surface area contributed by atoms with Crippen LogP contribution in [0.5, 0.6) is 0 Å². The summed E-state index contributed by atoms with van der Waals surface area (Å²) in [6.45, 7) is 2.40. The van der Waals surface area contributed by atoms with E-state index < -0.39 is 13.4 Å². The third kappa shape index (κ3) is 9.94. The SMILES string of the molecule is CSc1ccc(COCC#Cc2ccc(CCC(C)(N)COP(=O)(O)O)s2)cc1. The van der Waals surface area contributed by atoms with Crippen LogP contribution in [0, 0.1) is 11.8 Å². The Bertz CT molecular complexity index is 880. The first kappa shape index (κ1) is 24.1. The number of hydrogen-bond acceptors (Lipinski definition) is 6. The maximum Gasteiger partial charge on any atom is 0.469 e. The Hall–Kier alpha value is -1.14. The highest BCUT2D eigenvalue weighted by atomic mass is 32.2. The first-order valence-corrected chi connectivity index (χ1v) is 12.5. The second kappa shape index (κ2) is 11.3. The molecule has 0 aliphatic carbocycles. The van der Waals surface area contributed by atoms with Gasteiger partial charge in [0.25, 0.3) is 0 Å². The van der Waals surface area contributed by atoms with Crippen molar-refractivity contribution in [2.24, 2.45) is 5.73 Å². The minimum absolute atomic E-state index is 0.202. The maximum absolute atomic E-state index is 10.8. The first-order chi connectivity index (χ1) is 13.7. The molecule has 2 rings (SSSR count). The Morgan fingerprint density at radius 3 is 2.62 bits per heavy atom. The second-order valence-electron chi connectivity index (χ2n) is 6.83. The molecule has 9 heteroatoms. The van der Waals surface area contributed by atoms with Crippen molar-refractivity contribution in [3.05, 3.63) is 51.7 Å². The fraction of sp³-hybridized carbons (Fsp3) is 0.400. The lowest BCUT2D eigenvalue weighted by atomic mass is 9.98. The van der Waals surface area contributed by atoms with Gasteiger partial charge in [-0.2, -0.15) is 0 Å². The van der Waals surface area contributed by atoms with Crippen LogP contribution in [0.25, 0.3) is 0 Å². The van der Waals surface area contributed by atoms with Crippen LogP contribution in [0.1, 0.15) is 28.7 Å². The molecule has 0 fully saturated rings. The first-order valence-electron chi connectivity index (χ1n) is 8.94. The molecule has 158 valence electrons. The van der Waals surface area contributed by atoms with Gasteiger partial charge in [0.15, 0.2) is 0 Å². The van der Waals surface area contributed by atoms with Gasteiger partial charge in [0, 0.05) is 15.3 Å². The molecule has 0 aliphatic rings. The number of phosphoric ester groups is 1. The van der Waals surface area contributed by atoms with Crippen LogP contribution in [-0.2, 0) is 26.9 Å². The van der Waals surface area contributed by atoms with Crippen molar-refractivity contribution in [2.45, 2.75) is 36.8 Å². The van der Waals surface area contributed by atoms with E-state index in [-0.39, 0.29) is 6.61 Å². The van der Waals surface area contributed by atoms with Crippen molar-refractivity contribution in [1.82, 2.24) is 0 Å². The van der Waals surface area contributed by atoms with Crippen molar-refractivity contribution in [3.8, 4) is 11.8 Å². The molecule has 0 saturated heterocycles. The van der Waals surface area contributed by atoms with Crippen molar-refractivity contribution in [2.75, 3.05) is 19.5 Å². The van der Waals surface area contributed by atoms with Gasteiger partial charge in [-0.25, -0.2) is 4.57 Å². The van der Waals surface area contributed by atoms with Gasteiger partial charge in [-0.15, -0.1) is 23.1 Å². The Morgan fingerprint density at radius 1 is 1.24 bits per heavy atom. The predicted molar refractivity (Wildman–Crippen MR) is 118 cm³/mol. The van der Waals surface area contributed by atoms with E-state index in [1.54, 1.807) is 30.0 Å². The molecule has 1 aromatic carbocycles. The van der Waals surface area contributed by atoms with Crippen LogP contribution in [0.2, 0.25) is 0 Å². The Balaban J connectivity index is 1.73. The van der Waals surface area contributed by atoms with Crippen LogP contribution in [0.3, 0.4) is 0 Å². The van der Waals surface area contributed by atoms with E-state index in [9.17, 15) is 4.57 Å². The third-order valence-corrected chi connectivity index (χ3v) is 6.25. The zero-order valence-electron chi connectivity index (χ0n) is 16.5. The number of hydrogen-bond donors (Lipinski definition) is 3. The number of ether oxygens (including phenoxy) is 1. The van der Waals surface area contributed by atoms with Gasteiger partial charge < -0.3 is 20.3 Å². The lowest BCUT2D eigenvalue weighted by Crippen LogP contribution is -2.41. The van der Waals surface area contributed by atoms with Gasteiger partial charge in [0.1, 0.15) is 6.61 Å². The molecular weight excluding hydrogens is 429 g/mol. The Labute approximate surface area is 180 Å². The summed E-state index contributed by atoms with van der Waals surface area (Å²) in [6, 6.07) is 12.2. The summed E-state index contributed by atoms with van der Waals surface area (Å²) in [5, 5.41) is 0. The molecular formula is C20H26NO5PS2. The number of phosphoric acid groups is 1. The molecule has 2 aromatic rings. The second-order valence-corrected chi connectivity index (χ2v) is 10.1. The van der Waals surface area contributed by atoms with Crippen molar-refractivity contribution in [1.29, 1.82) is 0 Å². The number of rotatable bonds is 10. The molecule has 1 heterocycles. The van der Waals surface area contributed by atoms with Gasteiger partial charge in [-0.05, 0) is 55.9 Å². The van der Waals surface area contributed by atoms with E-state index in [4.69, 9.17) is 20.3 Å². The van der Waals surface area contributed by atoms with E-state index in [1.165, 1.54) is 4.90 Å². The fourth-order valence-corrected chi connectivity index (χ4v) is 4.11. The normalized spacial score (nSPS) is 13.6. The van der Waals surface area contributed by atoms with Gasteiger partial charge in [0.05, 0.1) is 18.1 Å². The van der Waals surface area contributed by atoms with Crippen molar-refractivity contribution < 1.29 is 23.6 Å². The molecule has 4 N–H and O–H groups in total. The lowest BCUT2D eigenvalue weighted by molar-refractivity contribution is 0.153. The number of aryl methyl sites for hydroxylation is 1. The molecule has 1 atom stereocenters. The van der Waals surface area contributed by atoms with E-state index in [1.807, 2.05) is 18.4 Å². The molecule has 0 spiro atoms. The smallest absolute Gasteiger partial charge is 0.364 e. The average molecular weight is 456 g/mol. The number of nitrogens with two attached hydrogens (primary N) is 1. The Kier molecular flexibility index (Phi) is 9.41. The standard InChI is InChI=1S/C20H26NO5PS2/c1-20(21,15-26-27(22,23)24)12-11-19-10-9-18(29-19)4-3-13-25-14-16-5-7-17(28-2)8-6-16/h5-10H,11-15,21H2,1-2H3,(H2,22,23,24). The molecule has 0 amide bonds. The molecule has 6 nitrogen and oxygen atoms in total. The van der Waals surface area contributed by atoms with Gasteiger partial charge >= 0.3 is 7.82 Å². The van der Waals surface area contributed by atoms with Crippen LogP contribution >= 0.6 is 30.9 Å². The summed E-state index contributed by atoms with van der Waals surface area (Å²) in [7, 11) is -4.50. The van der Waals surface area contributed by atoms with Crippen molar-refractivity contribution >= 4 is 30.9 Å². The quantitative estimate of drug-likeness (QED) is 0.217. The minimum Gasteiger partial charge on any atom is -0.364 e. The summed E-state index contributed by atoms with van der Waals surface area (Å²) in [6.07, 6.45) is 3.28.